The Hall–Kier alpha value is -3.23. The van der Waals surface area contributed by atoms with Gasteiger partial charge < -0.3 is 14.5 Å². The number of esters is 1. The molecule has 26 heavy (non-hydrogen) atoms. The van der Waals surface area contributed by atoms with Crippen molar-refractivity contribution in [3.05, 3.63) is 56.6 Å². The highest BCUT2D eigenvalue weighted by Crippen LogP contribution is 2.29. The molecular formula is C17H17FN2O6. The number of nitrogens with one attached hydrogen (secondary N) is 1. The molecule has 0 aliphatic rings. The normalized spacial score (nSPS) is 11.7. The maximum Gasteiger partial charge on any atom is 0.339 e. The zero-order valence-corrected chi connectivity index (χ0v) is 14.6. The summed E-state index contributed by atoms with van der Waals surface area (Å²) in [5.74, 6) is -2.22. The predicted molar refractivity (Wildman–Crippen MR) is 89.1 cm³/mol. The summed E-state index contributed by atoms with van der Waals surface area (Å²) in [4.78, 5) is 37.5. The van der Waals surface area contributed by atoms with Gasteiger partial charge in [0.1, 0.15) is 5.82 Å². The number of benzene rings is 1. The minimum Gasteiger partial charge on any atom is -0.475 e. The van der Waals surface area contributed by atoms with Gasteiger partial charge in [0.25, 0.3) is 0 Å². The lowest BCUT2D eigenvalue weighted by molar-refractivity contribution is -0.386. The average molecular weight is 364 g/mol. The molecule has 0 saturated heterocycles. The number of H-pyrrole nitrogens is 1. The van der Waals surface area contributed by atoms with Crippen LogP contribution in [0.15, 0.2) is 18.2 Å². The monoisotopic (exact) mass is 364 g/mol. The van der Waals surface area contributed by atoms with Crippen molar-refractivity contribution in [1.82, 2.24) is 4.98 Å². The van der Waals surface area contributed by atoms with Gasteiger partial charge in [-0.25, -0.2) is 9.18 Å². The zero-order valence-electron chi connectivity index (χ0n) is 14.6. The number of carbonyl (C=O) groups is 2. The van der Waals surface area contributed by atoms with E-state index in [1.807, 2.05) is 0 Å². The molecule has 0 unspecified atom stereocenters. The quantitative estimate of drug-likeness (QED) is 0.365. The first-order valence-electron chi connectivity index (χ1n) is 7.59. The first-order valence-corrected chi connectivity index (χ1v) is 7.59. The van der Waals surface area contributed by atoms with E-state index >= 15 is 0 Å². The minimum atomic E-state index is -1.15. The number of hydrogen-bond acceptors (Lipinski definition) is 6. The van der Waals surface area contributed by atoms with Crippen LogP contribution in [0.1, 0.15) is 39.0 Å². The molecule has 1 aromatic carbocycles. The fourth-order valence-electron chi connectivity index (χ4n) is 2.59. The van der Waals surface area contributed by atoms with Gasteiger partial charge in [-0.3, -0.25) is 14.9 Å². The van der Waals surface area contributed by atoms with Crippen LogP contribution in [-0.4, -0.2) is 34.9 Å². The number of ketones is 1. The Kier molecular flexibility index (Phi) is 5.39. The van der Waals surface area contributed by atoms with E-state index in [-0.39, 0.29) is 17.0 Å². The van der Waals surface area contributed by atoms with Gasteiger partial charge in [-0.05, 0) is 32.4 Å². The van der Waals surface area contributed by atoms with Gasteiger partial charge in [0, 0.05) is 17.8 Å². The first-order chi connectivity index (χ1) is 12.2. The van der Waals surface area contributed by atoms with Crippen molar-refractivity contribution in [2.75, 3.05) is 7.11 Å². The van der Waals surface area contributed by atoms with Gasteiger partial charge in [0.05, 0.1) is 23.3 Å². The number of hydrogen-bond donors (Lipinski definition) is 1. The number of aromatic amines is 1. The number of methoxy groups -OCH3 is 1. The van der Waals surface area contributed by atoms with E-state index in [2.05, 4.69) is 9.72 Å². The van der Waals surface area contributed by atoms with Gasteiger partial charge >= 0.3 is 11.7 Å². The molecule has 2 aromatic rings. The molecule has 1 aromatic heterocycles. The second kappa shape index (κ2) is 7.34. The van der Waals surface area contributed by atoms with Crippen LogP contribution in [0.4, 0.5) is 10.1 Å². The number of carbonyl (C=O) groups excluding carboxylic acids is 2. The predicted octanol–water partition coefficient (Wildman–Crippen LogP) is 3.12. The third kappa shape index (κ3) is 3.56. The highest BCUT2D eigenvalue weighted by Gasteiger charge is 2.28. The summed E-state index contributed by atoms with van der Waals surface area (Å²) < 4.78 is 23.4. The molecule has 1 heterocycles. The van der Waals surface area contributed by atoms with Crippen LogP contribution >= 0.6 is 0 Å². The summed E-state index contributed by atoms with van der Waals surface area (Å²) >= 11 is 0. The molecule has 2 rings (SSSR count). The van der Waals surface area contributed by atoms with Crippen molar-refractivity contribution in [3.8, 4) is 5.75 Å². The van der Waals surface area contributed by atoms with E-state index in [9.17, 15) is 24.1 Å². The Morgan fingerprint density at radius 3 is 2.54 bits per heavy atom. The van der Waals surface area contributed by atoms with Gasteiger partial charge in [-0.15, -0.1) is 0 Å². The van der Waals surface area contributed by atoms with Crippen molar-refractivity contribution in [2.45, 2.75) is 26.9 Å². The van der Waals surface area contributed by atoms with Crippen LogP contribution < -0.4 is 4.74 Å². The standard InChI is InChI=1S/C17H17FN2O6/c1-8-14(17(22)25-4)9(2)19-15(8)16(21)10(3)26-13-7-11(18)5-6-12(13)20(23)24/h5-7,10,19H,1-4H3/t10-/m1/s1. The molecule has 0 bridgehead atoms. The SMILES string of the molecule is COC(=O)c1c(C)[nH]c(C(=O)[C@@H](C)Oc2cc(F)ccc2[N+](=O)[O-])c1C. The molecule has 9 heteroatoms. The number of aromatic nitrogens is 1. The zero-order chi connectivity index (χ0) is 19.6. The number of rotatable bonds is 6. The second-order valence-electron chi connectivity index (χ2n) is 5.61. The number of Topliss-reactive ketones (excluding diaryl/α,β-unsaturated/α-hetero) is 1. The fraction of sp³-hybridized carbons (Fsp3) is 0.294. The Morgan fingerprint density at radius 2 is 1.96 bits per heavy atom. The Bertz CT molecular complexity index is 890. The van der Waals surface area contributed by atoms with Gasteiger partial charge in [0.2, 0.25) is 11.5 Å². The van der Waals surface area contributed by atoms with E-state index in [0.29, 0.717) is 11.3 Å². The number of nitrogens with zero attached hydrogens (tertiary/aromatic N) is 1. The molecule has 0 aliphatic carbocycles. The highest BCUT2D eigenvalue weighted by molar-refractivity contribution is 6.03. The molecule has 0 saturated carbocycles. The summed E-state index contributed by atoms with van der Waals surface area (Å²) in [6, 6.07) is 2.73. The lowest BCUT2D eigenvalue weighted by Crippen LogP contribution is -2.25. The first kappa shape index (κ1) is 19.1. The number of halogens is 1. The summed E-state index contributed by atoms with van der Waals surface area (Å²) in [6.07, 6.45) is -1.15. The van der Waals surface area contributed by atoms with Gasteiger partial charge in [0.15, 0.2) is 6.10 Å². The molecule has 0 radical (unpaired) electrons. The van der Waals surface area contributed by atoms with Crippen molar-refractivity contribution in [2.24, 2.45) is 0 Å². The summed E-state index contributed by atoms with van der Waals surface area (Å²) in [5.41, 5.74) is 0.722. The number of nitro benzene ring substituents is 1. The lowest BCUT2D eigenvalue weighted by Gasteiger charge is -2.13. The van der Waals surface area contributed by atoms with E-state index in [1.165, 1.54) is 14.0 Å². The van der Waals surface area contributed by atoms with E-state index in [0.717, 1.165) is 18.2 Å². The van der Waals surface area contributed by atoms with E-state index in [1.54, 1.807) is 13.8 Å². The Morgan fingerprint density at radius 1 is 1.31 bits per heavy atom. The van der Waals surface area contributed by atoms with Crippen LogP contribution in [0.3, 0.4) is 0 Å². The van der Waals surface area contributed by atoms with E-state index < -0.39 is 34.3 Å². The molecule has 1 N–H and O–H groups in total. The fourth-order valence-corrected chi connectivity index (χ4v) is 2.59. The summed E-state index contributed by atoms with van der Waals surface area (Å²) in [7, 11) is 1.23. The van der Waals surface area contributed by atoms with Crippen LogP contribution in [0.5, 0.6) is 5.75 Å². The summed E-state index contributed by atoms with van der Waals surface area (Å²) in [5, 5.41) is 11.0. The van der Waals surface area contributed by atoms with Crippen molar-refractivity contribution >= 4 is 17.4 Å². The van der Waals surface area contributed by atoms with Gasteiger partial charge in [-0.2, -0.15) is 0 Å². The maximum absolute atomic E-state index is 13.4. The molecule has 138 valence electrons. The summed E-state index contributed by atoms with van der Waals surface area (Å²) in [6.45, 7) is 4.56. The van der Waals surface area contributed by atoms with Crippen LogP contribution in [0.2, 0.25) is 0 Å². The number of aryl methyl sites for hydroxylation is 1. The molecule has 0 fully saturated rings. The van der Waals surface area contributed by atoms with Gasteiger partial charge in [-0.1, -0.05) is 0 Å². The third-order valence-corrected chi connectivity index (χ3v) is 3.86. The Labute approximate surface area is 148 Å². The van der Waals surface area contributed by atoms with Crippen molar-refractivity contribution < 1.29 is 28.4 Å². The topological polar surface area (TPSA) is 112 Å². The van der Waals surface area contributed by atoms with Crippen molar-refractivity contribution in [1.29, 1.82) is 0 Å². The molecule has 0 amide bonds. The van der Waals surface area contributed by atoms with Crippen LogP contribution in [0, 0.1) is 29.8 Å². The van der Waals surface area contributed by atoms with Crippen LogP contribution in [-0.2, 0) is 4.74 Å². The third-order valence-electron chi connectivity index (χ3n) is 3.86. The highest BCUT2D eigenvalue weighted by atomic mass is 19.1. The average Bonchev–Trinajstić information content (AvgIpc) is 2.87. The molecule has 0 aliphatic heterocycles. The van der Waals surface area contributed by atoms with E-state index in [4.69, 9.17) is 4.74 Å². The Balaban J connectivity index is 2.34. The maximum atomic E-state index is 13.4. The molecule has 8 nitrogen and oxygen atoms in total. The molecular weight excluding hydrogens is 347 g/mol. The number of nitro groups is 1. The molecule has 1 atom stereocenters. The largest absolute Gasteiger partial charge is 0.475 e. The van der Waals surface area contributed by atoms with Crippen molar-refractivity contribution in [3.63, 3.8) is 0 Å². The smallest absolute Gasteiger partial charge is 0.339 e. The second-order valence-corrected chi connectivity index (χ2v) is 5.61. The minimum absolute atomic E-state index is 0.120. The number of ether oxygens (including phenoxy) is 2. The molecule has 0 spiro atoms. The lowest BCUT2D eigenvalue weighted by atomic mass is 10.1. The van der Waals surface area contributed by atoms with Crippen LogP contribution in [0.25, 0.3) is 0 Å².